The fraction of sp³-hybridized carbons (Fsp3) is 0.400. The summed E-state index contributed by atoms with van der Waals surface area (Å²) in [5.74, 6) is 3.14. The maximum atomic E-state index is 13.7. The third kappa shape index (κ3) is 5.05. The molecule has 6 nitrogen and oxygen atoms in total. The fourth-order valence-corrected chi connectivity index (χ4v) is 5.21. The molecule has 1 saturated carbocycles. The number of benzene rings is 1. The van der Waals surface area contributed by atoms with Crippen LogP contribution in [0.3, 0.4) is 0 Å². The Morgan fingerprint density at radius 3 is 2.57 bits per heavy atom. The molecule has 3 heterocycles. The van der Waals surface area contributed by atoms with Gasteiger partial charge in [0.05, 0.1) is 11.4 Å². The van der Waals surface area contributed by atoms with E-state index in [1.54, 1.807) is 0 Å². The lowest BCUT2D eigenvalue weighted by atomic mass is 10.1. The van der Waals surface area contributed by atoms with Gasteiger partial charge in [0.25, 0.3) is 0 Å². The molecule has 0 spiro atoms. The molecule has 37 heavy (non-hydrogen) atoms. The first-order chi connectivity index (χ1) is 17.9. The number of halogens is 1. The van der Waals surface area contributed by atoms with Crippen LogP contribution < -0.4 is 10.6 Å². The summed E-state index contributed by atoms with van der Waals surface area (Å²) in [4.78, 5) is 14.4. The molecule has 0 unspecified atom stereocenters. The molecule has 2 aromatic heterocycles. The molecule has 1 aliphatic carbocycles. The molecule has 0 bridgehead atoms. The van der Waals surface area contributed by atoms with Gasteiger partial charge in [-0.2, -0.15) is 0 Å². The number of nitrogens with two attached hydrogens (primary N) is 1. The lowest BCUT2D eigenvalue weighted by Crippen LogP contribution is -2.43. The topological polar surface area (TPSA) is 63.2 Å². The summed E-state index contributed by atoms with van der Waals surface area (Å²) < 4.78 is 16.0. The molecular weight excluding hydrogens is 463 g/mol. The van der Waals surface area contributed by atoms with Gasteiger partial charge in [-0.3, -0.25) is 4.98 Å². The Morgan fingerprint density at radius 2 is 1.89 bits per heavy atom. The van der Waals surface area contributed by atoms with Gasteiger partial charge in [0.15, 0.2) is 5.82 Å². The normalized spacial score (nSPS) is 15.6. The second-order valence-electron chi connectivity index (χ2n) is 10.4. The van der Waals surface area contributed by atoms with E-state index in [2.05, 4.69) is 47.4 Å². The van der Waals surface area contributed by atoms with Crippen LogP contribution in [0.1, 0.15) is 56.5 Å². The average molecular weight is 501 g/mol. The van der Waals surface area contributed by atoms with E-state index in [4.69, 9.17) is 15.7 Å². The second-order valence-corrected chi connectivity index (χ2v) is 10.4. The molecule has 194 valence electrons. The van der Waals surface area contributed by atoms with Crippen molar-refractivity contribution in [2.24, 2.45) is 11.7 Å². The van der Waals surface area contributed by atoms with Gasteiger partial charge in [0.1, 0.15) is 23.2 Å². The molecule has 7 heteroatoms. The van der Waals surface area contributed by atoms with Crippen molar-refractivity contribution in [3.63, 3.8) is 0 Å². The van der Waals surface area contributed by atoms with Crippen molar-refractivity contribution in [1.82, 2.24) is 19.4 Å². The van der Waals surface area contributed by atoms with Crippen LogP contribution in [0.2, 0.25) is 0 Å². The van der Waals surface area contributed by atoms with E-state index < -0.39 is 0 Å². The number of hydrogen-bond donors (Lipinski definition) is 1. The van der Waals surface area contributed by atoms with Crippen molar-refractivity contribution in [3.05, 3.63) is 84.3 Å². The first-order valence-corrected chi connectivity index (χ1v) is 13.3. The highest BCUT2D eigenvalue weighted by atomic mass is 19.1. The zero-order valence-corrected chi connectivity index (χ0v) is 22.0. The predicted molar refractivity (Wildman–Crippen MR) is 148 cm³/mol. The summed E-state index contributed by atoms with van der Waals surface area (Å²) in [5.41, 5.74) is 10.8. The van der Waals surface area contributed by atoms with Crippen LogP contribution in [0.15, 0.2) is 61.6 Å². The Balaban J connectivity index is 1.67. The van der Waals surface area contributed by atoms with E-state index in [1.807, 2.05) is 24.4 Å². The SMILES string of the molecule is C=C1c2c(nc(-c3cccnc3CCC3CC3)n2Cc2ccc(F)cc2)N(C(C)C)C(=C)N1CCCN. The number of pyridine rings is 1. The van der Waals surface area contributed by atoms with Crippen LogP contribution >= 0.6 is 0 Å². The Morgan fingerprint density at radius 1 is 1.14 bits per heavy atom. The van der Waals surface area contributed by atoms with Gasteiger partial charge in [-0.05, 0) is 75.4 Å². The highest BCUT2D eigenvalue weighted by Gasteiger charge is 2.36. The van der Waals surface area contributed by atoms with Crippen LogP contribution in [-0.4, -0.2) is 38.6 Å². The largest absolute Gasteiger partial charge is 0.330 e. The lowest BCUT2D eigenvalue weighted by molar-refractivity contribution is 0.436. The molecule has 0 atom stereocenters. The average Bonchev–Trinajstić information content (AvgIpc) is 3.64. The van der Waals surface area contributed by atoms with E-state index in [0.717, 1.165) is 77.4 Å². The van der Waals surface area contributed by atoms with E-state index >= 15 is 0 Å². The quantitative estimate of drug-likeness (QED) is 0.381. The summed E-state index contributed by atoms with van der Waals surface area (Å²) in [6.07, 6.45) is 7.41. The Bertz CT molecular complexity index is 1290. The van der Waals surface area contributed by atoms with Crippen LogP contribution in [0.5, 0.6) is 0 Å². The maximum absolute atomic E-state index is 13.7. The van der Waals surface area contributed by atoms with Crippen molar-refractivity contribution in [2.75, 3.05) is 18.0 Å². The number of fused-ring (bicyclic) bond motifs is 1. The fourth-order valence-electron chi connectivity index (χ4n) is 5.21. The maximum Gasteiger partial charge on any atom is 0.163 e. The summed E-state index contributed by atoms with van der Waals surface area (Å²) in [5, 5.41) is 0. The number of nitrogens with zero attached hydrogens (tertiary/aromatic N) is 5. The molecule has 0 saturated heterocycles. The predicted octanol–water partition coefficient (Wildman–Crippen LogP) is 5.80. The molecule has 1 fully saturated rings. The van der Waals surface area contributed by atoms with Crippen molar-refractivity contribution in [3.8, 4) is 11.4 Å². The minimum absolute atomic E-state index is 0.144. The monoisotopic (exact) mass is 500 g/mol. The van der Waals surface area contributed by atoms with Crippen LogP contribution in [0, 0.1) is 11.7 Å². The van der Waals surface area contributed by atoms with Gasteiger partial charge in [-0.1, -0.05) is 38.1 Å². The van der Waals surface area contributed by atoms with E-state index in [-0.39, 0.29) is 11.9 Å². The van der Waals surface area contributed by atoms with Crippen LogP contribution in [-0.2, 0) is 13.0 Å². The van der Waals surface area contributed by atoms with E-state index in [9.17, 15) is 4.39 Å². The van der Waals surface area contributed by atoms with E-state index in [1.165, 1.54) is 25.0 Å². The molecule has 3 aromatic rings. The molecular formula is C30H37FN6. The Hall–Kier alpha value is -3.45. The molecule has 0 amide bonds. The zero-order valence-electron chi connectivity index (χ0n) is 22.0. The number of aromatic nitrogens is 3. The van der Waals surface area contributed by atoms with Crippen molar-refractivity contribution in [1.29, 1.82) is 0 Å². The molecule has 1 aliphatic heterocycles. The second kappa shape index (κ2) is 10.5. The van der Waals surface area contributed by atoms with Crippen molar-refractivity contribution < 1.29 is 4.39 Å². The van der Waals surface area contributed by atoms with Crippen molar-refractivity contribution in [2.45, 2.75) is 58.5 Å². The third-order valence-electron chi connectivity index (χ3n) is 7.34. The number of anilines is 1. The third-order valence-corrected chi connectivity index (χ3v) is 7.34. The Labute approximate surface area is 219 Å². The number of aryl methyl sites for hydroxylation is 1. The summed E-state index contributed by atoms with van der Waals surface area (Å²) in [6, 6.07) is 10.9. The highest BCUT2D eigenvalue weighted by Crippen LogP contribution is 2.43. The van der Waals surface area contributed by atoms with Gasteiger partial charge in [0, 0.05) is 30.9 Å². The Kier molecular flexibility index (Phi) is 7.15. The van der Waals surface area contributed by atoms with Gasteiger partial charge in [0.2, 0.25) is 0 Å². The van der Waals surface area contributed by atoms with Gasteiger partial charge >= 0.3 is 0 Å². The standard InChI is InChI=1S/C30H37FN6/c1-20(2)37-22(4)35(18-6-16-32)21(3)28-30(37)34-29(36(28)19-24-10-13-25(31)14-11-24)26-7-5-17-33-27(26)15-12-23-8-9-23/h5,7,10-11,13-14,17,20,23H,3-4,6,8-9,12,15-16,18-19,32H2,1-2H3. The zero-order chi connectivity index (χ0) is 26.1. The van der Waals surface area contributed by atoms with Crippen molar-refractivity contribution >= 4 is 11.5 Å². The molecule has 2 N–H and O–H groups in total. The highest BCUT2D eigenvalue weighted by molar-refractivity contribution is 5.80. The molecule has 1 aromatic carbocycles. The molecule has 0 radical (unpaired) electrons. The first-order valence-electron chi connectivity index (χ1n) is 13.3. The first kappa shape index (κ1) is 25.2. The van der Waals surface area contributed by atoms with Gasteiger partial charge in [-0.15, -0.1) is 0 Å². The van der Waals surface area contributed by atoms with E-state index in [0.29, 0.717) is 13.1 Å². The minimum Gasteiger partial charge on any atom is -0.330 e. The summed E-state index contributed by atoms with van der Waals surface area (Å²) in [7, 11) is 0. The molecule has 2 aliphatic rings. The smallest absolute Gasteiger partial charge is 0.163 e. The van der Waals surface area contributed by atoms with Gasteiger partial charge in [-0.25, -0.2) is 9.37 Å². The lowest BCUT2D eigenvalue weighted by Gasteiger charge is -2.42. The summed E-state index contributed by atoms with van der Waals surface area (Å²) >= 11 is 0. The van der Waals surface area contributed by atoms with Crippen LogP contribution in [0.25, 0.3) is 17.1 Å². The number of imidazole rings is 1. The number of rotatable bonds is 10. The van der Waals surface area contributed by atoms with Gasteiger partial charge < -0.3 is 20.1 Å². The minimum atomic E-state index is -0.245. The van der Waals surface area contributed by atoms with Crippen LogP contribution in [0.4, 0.5) is 10.2 Å². The molecule has 5 rings (SSSR count). The summed E-state index contributed by atoms with van der Waals surface area (Å²) in [6.45, 7) is 15.1. The number of hydrogen-bond acceptors (Lipinski definition) is 5.